The first-order chi connectivity index (χ1) is 6.20. The van der Waals surface area contributed by atoms with Gasteiger partial charge >= 0.3 is 0 Å². The van der Waals surface area contributed by atoms with Gasteiger partial charge in [0.15, 0.2) is 11.6 Å². The monoisotopic (exact) mass is 290 g/mol. The van der Waals surface area contributed by atoms with E-state index in [1.807, 2.05) is 13.0 Å². The molecule has 5 heteroatoms. The Kier molecular flexibility index (Phi) is 2.03. The molecule has 0 atom stereocenters. The maximum Gasteiger partial charge on any atom is 0.217 e. The highest BCUT2D eigenvalue weighted by Gasteiger charge is 2.17. The van der Waals surface area contributed by atoms with Gasteiger partial charge in [0.05, 0.1) is 6.26 Å². The fourth-order valence-corrected chi connectivity index (χ4v) is 1.48. The standard InChI is InChI=1S/C8H7IN2O2/c1-4-2-3-12-6(4)7-5(9)8(10)11-13-7/h2-3H,1H3,(H2,10,11). The van der Waals surface area contributed by atoms with Crippen LogP contribution in [0.1, 0.15) is 5.56 Å². The van der Waals surface area contributed by atoms with Crippen molar-refractivity contribution >= 4 is 28.4 Å². The van der Waals surface area contributed by atoms with E-state index in [0.29, 0.717) is 17.3 Å². The second-order valence-corrected chi connectivity index (χ2v) is 3.72. The second kappa shape index (κ2) is 3.06. The maximum absolute atomic E-state index is 5.54. The molecule has 0 amide bonds. The predicted octanol–water partition coefficient (Wildman–Crippen LogP) is 2.43. The molecule has 0 aromatic carbocycles. The van der Waals surface area contributed by atoms with E-state index in [2.05, 4.69) is 27.7 Å². The Morgan fingerprint density at radius 2 is 2.23 bits per heavy atom. The van der Waals surface area contributed by atoms with Crippen LogP contribution in [0.4, 0.5) is 5.82 Å². The summed E-state index contributed by atoms with van der Waals surface area (Å²) in [6.45, 7) is 1.94. The lowest BCUT2D eigenvalue weighted by atomic mass is 10.2. The van der Waals surface area contributed by atoms with Crippen LogP contribution in [-0.2, 0) is 0 Å². The number of nitrogens with zero attached hydrogens (tertiary/aromatic N) is 1. The van der Waals surface area contributed by atoms with Gasteiger partial charge in [-0.3, -0.25) is 0 Å². The Labute approximate surface area is 88.2 Å². The van der Waals surface area contributed by atoms with E-state index in [0.717, 1.165) is 9.13 Å². The Morgan fingerprint density at radius 3 is 2.69 bits per heavy atom. The van der Waals surface area contributed by atoms with Crippen molar-refractivity contribution in [3.8, 4) is 11.5 Å². The lowest BCUT2D eigenvalue weighted by Gasteiger charge is -1.91. The zero-order valence-electron chi connectivity index (χ0n) is 6.87. The fourth-order valence-electron chi connectivity index (χ4n) is 1.04. The lowest BCUT2D eigenvalue weighted by Crippen LogP contribution is -1.86. The molecule has 4 nitrogen and oxygen atoms in total. The molecule has 0 saturated heterocycles. The van der Waals surface area contributed by atoms with Crippen LogP contribution < -0.4 is 5.73 Å². The van der Waals surface area contributed by atoms with Crippen molar-refractivity contribution in [3.05, 3.63) is 21.5 Å². The number of hydrogen-bond acceptors (Lipinski definition) is 4. The Balaban J connectivity index is 2.59. The van der Waals surface area contributed by atoms with Crippen molar-refractivity contribution in [2.24, 2.45) is 0 Å². The first-order valence-electron chi connectivity index (χ1n) is 3.65. The molecule has 0 aliphatic carbocycles. The highest BCUT2D eigenvalue weighted by Crippen LogP contribution is 2.31. The summed E-state index contributed by atoms with van der Waals surface area (Å²) in [4.78, 5) is 0. The Morgan fingerprint density at radius 1 is 1.46 bits per heavy atom. The number of rotatable bonds is 1. The summed E-state index contributed by atoms with van der Waals surface area (Å²) in [7, 11) is 0. The van der Waals surface area contributed by atoms with Crippen molar-refractivity contribution in [3.63, 3.8) is 0 Å². The third-order valence-electron chi connectivity index (χ3n) is 1.73. The highest BCUT2D eigenvalue weighted by molar-refractivity contribution is 14.1. The fraction of sp³-hybridized carbons (Fsp3) is 0.125. The molecule has 2 N–H and O–H groups in total. The third-order valence-corrected chi connectivity index (χ3v) is 2.77. The van der Waals surface area contributed by atoms with Crippen LogP contribution in [0.3, 0.4) is 0 Å². The van der Waals surface area contributed by atoms with Crippen LogP contribution in [0.5, 0.6) is 0 Å². The van der Waals surface area contributed by atoms with E-state index in [-0.39, 0.29) is 0 Å². The van der Waals surface area contributed by atoms with Crippen LogP contribution in [0.25, 0.3) is 11.5 Å². The largest absolute Gasteiger partial charge is 0.461 e. The number of halogens is 1. The molecular formula is C8H7IN2O2. The summed E-state index contributed by atoms with van der Waals surface area (Å²) in [5, 5.41) is 3.65. The number of aromatic nitrogens is 1. The summed E-state index contributed by atoms with van der Waals surface area (Å²) in [6.07, 6.45) is 1.61. The first kappa shape index (κ1) is 8.61. The van der Waals surface area contributed by atoms with Crippen LogP contribution in [0.2, 0.25) is 0 Å². The summed E-state index contributed by atoms with van der Waals surface area (Å²) in [5.74, 6) is 1.68. The highest BCUT2D eigenvalue weighted by atomic mass is 127. The third kappa shape index (κ3) is 1.32. The van der Waals surface area contributed by atoms with E-state index in [1.165, 1.54) is 0 Å². The van der Waals surface area contributed by atoms with Crippen molar-refractivity contribution < 1.29 is 8.94 Å². The zero-order valence-corrected chi connectivity index (χ0v) is 9.03. The smallest absolute Gasteiger partial charge is 0.217 e. The zero-order chi connectivity index (χ0) is 9.42. The number of furan rings is 1. The van der Waals surface area contributed by atoms with Crippen molar-refractivity contribution in [1.82, 2.24) is 5.16 Å². The summed E-state index contributed by atoms with van der Waals surface area (Å²) < 4.78 is 11.1. The molecule has 0 radical (unpaired) electrons. The minimum absolute atomic E-state index is 0.395. The number of hydrogen-bond donors (Lipinski definition) is 1. The van der Waals surface area contributed by atoms with Gasteiger partial charge in [0.25, 0.3) is 0 Å². The quantitative estimate of drug-likeness (QED) is 0.819. The molecule has 0 aliphatic rings. The van der Waals surface area contributed by atoms with Crippen LogP contribution in [0.15, 0.2) is 21.3 Å². The normalized spacial score (nSPS) is 10.6. The first-order valence-corrected chi connectivity index (χ1v) is 4.73. The predicted molar refractivity (Wildman–Crippen MR) is 56.1 cm³/mol. The SMILES string of the molecule is Cc1ccoc1-c1onc(N)c1I. The van der Waals surface area contributed by atoms with Gasteiger partial charge in [-0.2, -0.15) is 0 Å². The lowest BCUT2D eigenvalue weighted by molar-refractivity contribution is 0.420. The molecule has 0 fully saturated rings. The number of nitrogen functional groups attached to an aromatic ring is 1. The van der Waals surface area contributed by atoms with Gasteiger partial charge in [0.1, 0.15) is 3.57 Å². The molecule has 0 bridgehead atoms. The molecule has 0 aliphatic heterocycles. The van der Waals surface area contributed by atoms with Gasteiger partial charge < -0.3 is 14.7 Å². The van der Waals surface area contributed by atoms with Gasteiger partial charge in [-0.15, -0.1) is 0 Å². The summed E-state index contributed by atoms with van der Waals surface area (Å²) >= 11 is 2.08. The minimum atomic E-state index is 0.395. The molecule has 2 heterocycles. The average Bonchev–Trinajstić information content (AvgIpc) is 2.62. The van der Waals surface area contributed by atoms with Crippen LogP contribution >= 0.6 is 22.6 Å². The topological polar surface area (TPSA) is 65.2 Å². The van der Waals surface area contributed by atoms with Crippen LogP contribution in [0, 0.1) is 10.5 Å². The molecule has 2 aromatic heterocycles. The van der Waals surface area contributed by atoms with Gasteiger partial charge in [-0.1, -0.05) is 5.16 Å². The van der Waals surface area contributed by atoms with Crippen molar-refractivity contribution in [2.45, 2.75) is 6.92 Å². The average molecular weight is 290 g/mol. The number of anilines is 1. The molecule has 2 aromatic rings. The molecule has 68 valence electrons. The Bertz CT molecular complexity index is 433. The molecular weight excluding hydrogens is 283 g/mol. The number of nitrogens with two attached hydrogens (primary N) is 1. The van der Waals surface area contributed by atoms with E-state index in [9.17, 15) is 0 Å². The minimum Gasteiger partial charge on any atom is -0.461 e. The van der Waals surface area contributed by atoms with Crippen molar-refractivity contribution in [2.75, 3.05) is 5.73 Å². The van der Waals surface area contributed by atoms with Gasteiger partial charge in [-0.25, -0.2) is 0 Å². The van der Waals surface area contributed by atoms with Crippen molar-refractivity contribution in [1.29, 1.82) is 0 Å². The van der Waals surface area contributed by atoms with Gasteiger partial charge in [-0.05, 0) is 41.1 Å². The maximum atomic E-state index is 5.54. The van der Waals surface area contributed by atoms with E-state index >= 15 is 0 Å². The second-order valence-electron chi connectivity index (χ2n) is 2.64. The molecule has 0 unspecified atom stereocenters. The van der Waals surface area contributed by atoms with Crippen LogP contribution in [-0.4, -0.2) is 5.16 Å². The molecule has 13 heavy (non-hydrogen) atoms. The molecule has 2 rings (SSSR count). The number of aryl methyl sites for hydroxylation is 1. The van der Waals surface area contributed by atoms with E-state index < -0.39 is 0 Å². The summed E-state index contributed by atoms with van der Waals surface area (Å²) in [5.41, 5.74) is 6.55. The van der Waals surface area contributed by atoms with E-state index in [4.69, 9.17) is 14.7 Å². The summed E-state index contributed by atoms with van der Waals surface area (Å²) in [6, 6.07) is 1.87. The Hall–Kier alpha value is -0.980. The van der Waals surface area contributed by atoms with Gasteiger partial charge in [0, 0.05) is 0 Å². The molecule has 0 spiro atoms. The molecule has 0 saturated carbocycles. The van der Waals surface area contributed by atoms with E-state index in [1.54, 1.807) is 6.26 Å². The van der Waals surface area contributed by atoms with Gasteiger partial charge in [0.2, 0.25) is 5.76 Å².